The Balaban J connectivity index is 1.85. The Morgan fingerprint density at radius 2 is 1.75 bits per heavy atom. The standard InChI is InChI=1S/C26H31N5O4S/c1-14-11-15(2)13-18(12-14)31(26(34)23-20(27)21(24(28)32)30-36-23)22(19-10-9-16(3)35-19)25(33)29-17-7-5-4-6-8-17/h9-13,17,22H,4-8,27H2,1-3H3,(H2,28,32)(H,29,33)/t22-/m1/s1. The Hall–Kier alpha value is -3.66. The van der Waals surface area contributed by atoms with Gasteiger partial charge in [-0.3, -0.25) is 19.3 Å². The highest BCUT2D eigenvalue weighted by Crippen LogP contribution is 2.35. The number of hydrogen-bond acceptors (Lipinski definition) is 7. The summed E-state index contributed by atoms with van der Waals surface area (Å²) in [5.74, 6) is -0.801. The summed E-state index contributed by atoms with van der Waals surface area (Å²) in [5.41, 5.74) is 13.6. The summed E-state index contributed by atoms with van der Waals surface area (Å²) in [6.07, 6.45) is 5.01. The van der Waals surface area contributed by atoms with Gasteiger partial charge in [0.15, 0.2) is 11.7 Å². The largest absolute Gasteiger partial charge is 0.464 e. The van der Waals surface area contributed by atoms with Crippen LogP contribution in [-0.2, 0) is 4.79 Å². The normalized spacial score (nSPS) is 14.9. The first-order chi connectivity index (χ1) is 17.2. The number of benzene rings is 1. The summed E-state index contributed by atoms with van der Waals surface area (Å²) >= 11 is 0.780. The molecule has 190 valence electrons. The van der Waals surface area contributed by atoms with Gasteiger partial charge >= 0.3 is 0 Å². The van der Waals surface area contributed by atoms with Crippen molar-refractivity contribution in [2.45, 2.75) is 65.0 Å². The van der Waals surface area contributed by atoms with Gasteiger partial charge in [0.1, 0.15) is 16.4 Å². The van der Waals surface area contributed by atoms with Gasteiger partial charge in [-0.25, -0.2) is 0 Å². The van der Waals surface area contributed by atoms with Crippen molar-refractivity contribution in [3.8, 4) is 0 Å². The van der Waals surface area contributed by atoms with E-state index in [4.69, 9.17) is 15.9 Å². The van der Waals surface area contributed by atoms with E-state index in [-0.39, 0.29) is 28.2 Å². The van der Waals surface area contributed by atoms with Gasteiger partial charge in [-0.1, -0.05) is 25.3 Å². The van der Waals surface area contributed by atoms with Crippen molar-refractivity contribution in [1.82, 2.24) is 9.69 Å². The molecule has 0 aliphatic heterocycles. The van der Waals surface area contributed by atoms with E-state index in [9.17, 15) is 14.4 Å². The molecule has 1 fully saturated rings. The summed E-state index contributed by atoms with van der Waals surface area (Å²) in [6.45, 7) is 5.61. The Kier molecular flexibility index (Phi) is 7.44. The zero-order valence-electron chi connectivity index (χ0n) is 20.7. The van der Waals surface area contributed by atoms with Gasteiger partial charge in [0.25, 0.3) is 17.7 Å². The van der Waals surface area contributed by atoms with Crippen LogP contribution < -0.4 is 21.7 Å². The number of nitrogens with zero attached hydrogens (tertiary/aromatic N) is 2. The molecule has 0 bridgehead atoms. The average molecular weight is 510 g/mol. The number of carbonyl (C=O) groups is 3. The van der Waals surface area contributed by atoms with Gasteiger partial charge < -0.3 is 21.2 Å². The van der Waals surface area contributed by atoms with Crippen LogP contribution in [0.3, 0.4) is 0 Å². The minimum absolute atomic E-state index is 0.0240. The molecule has 0 spiro atoms. The van der Waals surface area contributed by atoms with Gasteiger partial charge in [0.05, 0.1) is 5.69 Å². The molecule has 36 heavy (non-hydrogen) atoms. The highest BCUT2D eigenvalue weighted by Gasteiger charge is 2.38. The predicted octanol–water partition coefficient (Wildman–Crippen LogP) is 4.18. The maximum Gasteiger partial charge on any atom is 0.273 e. The molecule has 1 saturated carbocycles. The van der Waals surface area contributed by atoms with Crippen molar-refractivity contribution in [2.24, 2.45) is 5.73 Å². The van der Waals surface area contributed by atoms with Crippen molar-refractivity contribution in [1.29, 1.82) is 0 Å². The maximum absolute atomic E-state index is 14.1. The predicted molar refractivity (Wildman–Crippen MR) is 139 cm³/mol. The van der Waals surface area contributed by atoms with Crippen LogP contribution in [-0.4, -0.2) is 28.1 Å². The van der Waals surface area contributed by atoms with E-state index < -0.39 is 17.9 Å². The van der Waals surface area contributed by atoms with Crippen molar-refractivity contribution in [3.05, 3.63) is 63.6 Å². The summed E-state index contributed by atoms with van der Waals surface area (Å²) in [7, 11) is 0. The van der Waals surface area contributed by atoms with E-state index >= 15 is 0 Å². The third kappa shape index (κ3) is 5.28. The molecule has 3 aromatic rings. The fraction of sp³-hybridized carbons (Fsp3) is 0.385. The number of furan rings is 1. The molecule has 1 aromatic carbocycles. The summed E-state index contributed by atoms with van der Waals surface area (Å²) in [6, 6.07) is 8.01. The molecule has 2 heterocycles. The van der Waals surface area contributed by atoms with Crippen LogP contribution in [0, 0.1) is 20.8 Å². The number of aromatic nitrogens is 1. The van der Waals surface area contributed by atoms with E-state index in [1.165, 1.54) is 4.90 Å². The summed E-state index contributed by atoms with van der Waals surface area (Å²) in [4.78, 5) is 41.1. The average Bonchev–Trinajstić information content (AvgIpc) is 3.42. The zero-order chi connectivity index (χ0) is 26.0. The lowest BCUT2D eigenvalue weighted by Gasteiger charge is -2.32. The first-order valence-electron chi connectivity index (χ1n) is 12.0. The molecule has 0 radical (unpaired) electrons. The highest BCUT2D eigenvalue weighted by atomic mass is 32.1. The number of primary amides is 1. The molecule has 3 amide bonds. The Morgan fingerprint density at radius 3 is 2.31 bits per heavy atom. The second kappa shape index (κ2) is 10.5. The van der Waals surface area contributed by atoms with Gasteiger partial charge in [-0.05, 0) is 80.5 Å². The lowest BCUT2D eigenvalue weighted by atomic mass is 9.95. The number of nitrogen functional groups attached to an aromatic ring is 1. The number of hydrogen-bond donors (Lipinski definition) is 3. The second-order valence-electron chi connectivity index (χ2n) is 9.35. The van der Waals surface area contributed by atoms with E-state index in [1.807, 2.05) is 32.0 Å². The molecule has 1 aliphatic rings. The van der Waals surface area contributed by atoms with Gasteiger partial charge in [-0.2, -0.15) is 4.37 Å². The molecule has 1 aliphatic carbocycles. The van der Waals surface area contributed by atoms with Crippen molar-refractivity contribution in [2.75, 3.05) is 10.6 Å². The molecule has 4 rings (SSSR count). The number of nitrogens with two attached hydrogens (primary N) is 2. The lowest BCUT2D eigenvalue weighted by Crippen LogP contribution is -2.47. The van der Waals surface area contributed by atoms with Crippen molar-refractivity contribution < 1.29 is 18.8 Å². The summed E-state index contributed by atoms with van der Waals surface area (Å²) in [5, 5.41) is 3.14. The number of nitrogens with one attached hydrogen (secondary N) is 1. The fourth-order valence-electron chi connectivity index (χ4n) is 4.71. The fourth-order valence-corrected chi connectivity index (χ4v) is 5.46. The van der Waals surface area contributed by atoms with E-state index in [2.05, 4.69) is 9.69 Å². The van der Waals surface area contributed by atoms with E-state index in [0.29, 0.717) is 17.2 Å². The van der Waals surface area contributed by atoms with Crippen LogP contribution in [0.5, 0.6) is 0 Å². The molecule has 0 saturated heterocycles. The topological polar surface area (TPSA) is 145 Å². The number of amides is 3. The second-order valence-corrected chi connectivity index (χ2v) is 10.1. The van der Waals surface area contributed by atoms with E-state index in [0.717, 1.165) is 54.8 Å². The Morgan fingerprint density at radius 1 is 1.08 bits per heavy atom. The minimum Gasteiger partial charge on any atom is -0.464 e. The van der Waals surface area contributed by atoms with Crippen LogP contribution in [0.25, 0.3) is 0 Å². The lowest BCUT2D eigenvalue weighted by molar-refractivity contribution is -0.123. The van der Waals surface area contributed by atoms with Gasteiger partial charge in [-0.15, -0.1) is 0 Å². The number of anilines is 2. The maximum atomic E-state index is 14.1. The third-order valence-electron chi connectivity index (χ3n) is 6.35. The van der Waals surface area contributed by atoms with Crippen LogP contribution in [0.1, 0.15) is 81.0 Å². The van der Waals surface area contributed by atoms with Crippen LogP contribution >= 0.6 is 11.5 Å². The molecule has 2 aromatic heterocycles. The SMILES string of the molecule is Cc1cc(C)cc(N(C(=O)c2snc(C(N)=O)c2N)[C@@H](C(=O)NC2CCCCC2)c2ccc(C)o2)c1. The van der Waals surface area contributed by atoms with Crippen LogP contribution in [0.15, 0.2) is 34.7 Å². The van der Waals surface area contributed by atoms with Gasteiger partial charge in [0.2, 0.25) is 0 Å². The first-order valence-corrected chi connectivity index (χ1v) is 12.8. The van der Waals surface area contributed by atoms with Crippen LogP contribution in [0.2, 0.25) is 0 Å². The number of carbonyl (C=O) groups excluding carboxylic acids is 3. The Labute approximate surface area is 214 Å². The highest BCUT2D eigenvalue weighted by molar-refractivity contribution is 7.09. The molecule has 1 atom stereocenters. The smallest absolute Gasteiger partial charge is 0.273 e. The number of aryl methyl sites for hydroxylation is 3. The number of rotatable bonds is 7. The van der Waals surface area contributed by atoms with Crippen molar-refractivity contribution in [3.63, 3.8) is 0 Å². The van der Waals surface area contributed by atoms with Gasteiger partial charge in [0, 0.05) is 11.7 Å². The quantitative estimate of drug-likeness (QED) is 0.436. The van der Waals surface area contributed by atoms with E-state index in [1.54, 1.807) is 19.1 Å². The Bertz CT molecular complexity index is 1270. The molecular weight excluding hydrogens is 478 g/mol. The third-order valence-corrected chi connectivity index (χ3v) is 7.20. The molecule has 0 unspecified atom stereocenters. The van der Waals surface area contributed by atoms with Crippen LogP contribution in [0.4, 0.5) is 11.4 Å². The summed E-state index contributed by atoms with van der Waals surface area (Å²) < 4.78 is 9.90. The first kappa shape index (κ1) is 25.4. The van der Waals surface area contributed by atoms with Crippen molar-refractivity contribution >= 4 is 40.6 Å². The molecular formula is C26H31N5O4S. The molecule has 10 heteroatoms. The minimum atomic E-state index is -1.10. The molecule has 5 N–H and O–H groups in total. The monoisotopic (exact) mass is 509 g/mol. The zero-order valence-corrected chi connectivity index (χ0v) is 21.5. The molecule has 9 nitrogen and oxygen atoms in total.